The van der Waals surface area contributed by atoms with Crippen molar-refractivity contribution >= 4 is 21.6 Å². The number of nitrogens with one attached hydrogen (secondary N) is 1. The smallest absolute Gasteiger partial charge is 0.0343 e. The van der Waals surface area contributed by atoms with E-state index < -0.39 is 0 Å². The fourth-order valence-corrected chi connectivity index (χ4v) is 1.76. The third kappa shape index (κ3) is 2.39. The maximum absolute atomic E-state index is 3.43. The number of halogens is 1. The van der Waals surface area contributed by atoms with Crippen LogP contribution in [-0.2, 0) is 0 Å². The zero-order valence-electron chi connectivity index (χ0n) is 8.50. The van der Waals surface area contributed by atoms with E-state index >= 15 is 0 Å². The molecular formula is C13H12BrN. The molecule has 0 fully saturated rings. The first kappa shape index (κ1) is 10.2. The molecule has 0 aliphatic carbocycles. The summed E-state index contributed by atoms with van der Waals surface area (Å²) in [6, 6.07) is 16.7. The van der Waals surface area contributed by atoms with Gasteiger partial charge in [0.05, 0.1) is 0 Å². The molecule has 15 heavy (non-hydrogen) atoms. The van der Waals surface area contributed by atoms with Gasteiger partial charge in [0, 0.05) is 17.2 Å². The molecule has 76 valence electrons. The Morgan fingerprint density at radius 3 is 2.33 bits per heavy atom. The zero-order chi connectivity index (χ0) is 10.7. The third-order valence-corrected chi connectivity index (χ3v) is 2.86. The normalized spacial score (nSPS) is 10.0. The van der Waals surface area contributed by atoms with Crippen LogP contribution < -0.4 is 5.32 Å². The number of benzene rings is 2. The molecule has 0 radical (unpaired) electrons. The molecule has 0 bridgehead atoms. The fourth-order valence-electron chi connectivity index (χ4n) is 1.50. The molecular weight excluding hydrogens is 250 g/mol. The maximum Gasteiger partial charge on any atom is 0.0343 e. The fraction of sp³-hybridized carbons (Fsp3) is 0.0769. The van der Waals surface area contributed by atoms with Gasteiger partial charge in [0.2, 0.25) is 0 Å². The van der Waals surface area contributed by atoms with Crippen molar-refractivity contribution < 1.29 is 0 Å². The van der Waals surface area contributed by atoms with Crippen molar-refractivity contribution in [2.24, 2.45) is 0 Å². The molecule has 0 unspecified atom stereocenters. The minimum absolute atomic E-state index is 1.11. The largest absolute Gasteiger partial charge is 0.388 e. The summed E-state index contributed by atoms with van der Waals surface area (Å²) in [5, 5.41) is 3.14. The van der Waals surface area contributed by atoms with Gasteiger partial charge in [-0.25, -0.2) is 0 Å². The van der Waals surface area contributed by atoms with Crippen molar-refractivity contribution in [2.45, 2.75) is 0 Å². The molecule has 0 aliphatic heterocycles. The van der Waals surface area contributed by atoms with Crippen LogP contribution in [0.1, 0.15) is 0 Å². The summed E-state index contributed by atoms with van der Waals surface area (Å²) in [5.41, 5.74) is 3.60. The lowest BCUT2D eigenvalue weighted by Crippen LogP contribution is -1.87. The second-order valence-electron chi connectivity index (χ2n) is 3.34. The first-order valence-corrected chi connectivity index (χ1v) is 5.62. The monoisotopic (exact) mass is 261 g/mol. The van der Waals surface area contributed by atoms with Gasteiger partial charge in [0.25, 0.3) is 0 Å². The standard InChI is InChI=1S/C13H12BrN/c1-15-13-4-2-3-11(9-13)10-5-7-12(14)8-6-10/h2-9,15H,1H3. The van der Waals surface area contributed by atoms with Gasteiger partial charge in [0.15, 0.2) is 0 Å². The SMILES string of the molecule is CNc1cccc(-c2ccc(Br)cc2)c1. The molecule has 0 amide bonds. The van der Waals surface area contributed by atoms with E-state index in [-0.39, 0.29) is 0 Å². The second kappa shape index (κ2) is 4.49. The lowest BCUT2D eigenvalue weighted by molar-refractivity contribution is 1.50. The highest BCUT2D eigenvalue weighted by Gasteiger charge is 1.97. The van der Waals surface area contributed by atoms with E-state index in [4.69, 9.17) is 0 Å². The van der Waals surface area contributed by atoms with Crippen molar-refractivity contribution in [1.29, 1.82) is 0 Å². The van der Waals surface area contributed by atoms with E-state index in [0.717, 1.165) is 10.2 Å². The molecule has 0 atom stereocenters. The molecule has 0 heterocycles. The van der Waals surface area contributed by atoms with Crippen LogP contribution in [-0.4, -0.2) is 7.05 Å². The van der Waals surface area contributed by atoms with Crippen molar-refractivity contribution in [2.75, 3.05) is 12.4 Å². The molecule has 1 nitrogen and oxygen atoms in total. The Morgan fingerprint density at radius 2 is 1.67 bits per heavy atom. The van der Waals surface area contributed by atoms with E-state index in [1.807, 2.05) is 7.05 Å². The maximum atomic E-state index is 3.43. The van der Waals surface area contributed by atoms with Crippen LogP contribution in [0.4, 0.5) is 5.69 Å². The Kier molecular flexibility index (Phi) is 3.07. The summed E-state index contributed by atoms with van der Waals surface area (Å²) in [4.78, 5) is 0. The Bertz CT molecular complexity index is 448. The second-order valence-corrected chi connectivity index (χ2v) is 4.25. The van der Waals surface area contributed by atoms with E-state index in [1.54, 1.807) is 0 Å². The van der Waals surface area contributed by atoms with Gasteiger partial charge in [-0.05, 0) is 35.4 Å². The summed E-state index contributed by atoms with van der Waals surface area (Å²) in [7, 11) is 1.93. The van der Waals surface area contributed by atoms with Crippen molar-refractivity contribution in [1.82, 2.24) is 0 Å². The van der Waals surface area contributed by atoms with Gasteiger partial charge in [0.1, 0.15) is 0 Å². The molecule has 0 spiro atoms. The van der Waals surface area contributed by atoms with Crippen LogP contribution in [0.3, 0.4) is 0 Å². The Morgan fingerprint density at radius 1 is 0.933 bits per heavy atom. The van der Waals surface area contributed by atoms with Gasteiger partial charge >= 0.3 is 0 Å². The van der Waals surface area contributed by atoms with E-state index in [2.05, 4.69) is 69.8 Å². The van der Waals surface area contributed by atoms with Gasteiger partial charge in [-0.15, -0.1) is 0 Å². The van der Waals surface area contributed by atoms with Gasteiger partial charge < -0.3 is 5.32 Å². The van der Waals surface area contributed by atoms with Gasteiger partial charge in [-0.3, -0.25) is 0 Å². The summed E-state index contributed by atoms with van der Waals surface area (Å²) in [6.07, 6.45) is 0. The number of rotatable bonds is 2. The highest BCUT2D eigenvalue weighted by atomic mass is 79.9. The van der Waals surface area contributed by atoms with Crippen LogP contribution in [0.15, 0.2) is 53.0 Å². The summed E-state index contributed by atoms with van der Waals surface area (Å²) in [6.45, 7) is 0. The predicted octanol–water partition coefficient (Wildman–Crippen LogP) is 4.16. The lowest BCUT2D eigenvalue weighted by Gasteiger charge is -2.05. The van der Waals surface area contributed by atoms with Gasteiger partial charge in [-0.1, -0.05) is 40.2 Å². The molecule has 0 saturated heterocycles. The minimum atomic E-state index is 1.11. The van der Waals surface area contributed by atoms with Crippen LogP contribution >= 0.6 is 15.9 Å². The molecule has 1 N–H and O–H groups in total. The van der Waals surface area contributed by atoms with Crippen molar-refractivity contribution in [3.63, 3.8) is 0 Å². The lowest BCUT2D eigenvalue weighted by atomic mass is 10.1. The number of hydrogen-bond donors (Lipinski definition) is 1. The molecule has 0 aliphatic rings. The minimum Gasteiger partial charge on any atom is -0.388 e. The van der Waals surface area contributed by atoms with E-state index in [9.17, 15) is 0 Å². The quantitative estimate of drug-likeness (QED) is 0.856. The number of anilines is 1. The van der Waals surface area contributed by atoms with Crippen LogP contribution in [0.2, 0.25) is 0 Å². The van der Waals surface area contributed by atoms with Crippen LogP contribution in [0.5, 0.6) is 0 Å². The molecule has 2 heteroatoms. The van der Waals surface area contributed by atoms with Crippen molar-refractivity contribution in [3.05, 3.63) is 53.0 Å². The number of hydrogen-bond acceptors (Lipinski definition) is 1. The average molecular weight is 262 g/mol. The Labute approximate surface area is 98.3 Å². The highest BCUT2D eigenvalue weighted by molar-refractivity contribution is 9.10. The predicted molar refractivity (Wildman–Crippen MR) is 69.1 cm³/mol. The van der Waals surface area contributed by atoms with Crippen LogP contribution in [0.25, 0.3) is 11.1 Å². The molecule has 2 aromatic carbocycles. The Hall–Kier alpha value is -1.28. The molecule has 0 saturated carbocycles. The average Bonchev–Trinajstić information content (AvgIpc) is 2.30. The summed E-state index contributed by atoms with van der Waals surface area (Å²) >= 11 is 3.43. The topological polar surface area (TPSA) is 12.0 Å². The highest BCUT2D eigenvalue weighted by Crippen LogP contribution is 2.23. The summed E-state index contributed by atoms with van der Waals surface area (Å²) < 4.78 is 1.11. The van der Waals surface area contributed by atoms with E-state index in [1.165, 1.54) is 11.1 Å². The van der Waals surface area contributed by atoms with Gasteiger partial charge in [-0.2, -0.15) is 0 Å². The van der Waals surface area contributed by atoms with Crippen LogP contribution in [0, 0.1) is 0 Å². The molecule has 0 aromatic heterocycles. The first-order valence-electron chi connectivity index (χ1n) is 4.83. The van der Waals surface area contributed by atoms with Crippen molar-refractivity contribution in [3.8, 4) is 11.1 Å². The Balaban J connectivity index is 2.40. The van der Waals surface area contributed by atoms with E-state index in [0.29, 0.717) is 0 Å². The zero-order valence-corrected chi connectivity index (χ0v) is 10.1. The molecule has 2 aromatic rings. The molecule has 2 rings (SSSR count). The third-order valence-electron chi connectivity index (χ3n) is 2.33. The summed E-state index contributed by atoms with van der Waals surface area (Å²) in [5.74, 6) is 0. The first-order chi connectivity index (χ1) is 7.29.